The van der Waals surface area contributed by atoms with Crippen molar-refractivity contribution in [2.24, 2.45) is 17.1 Å². The molecule has 1 amide bonds. The van der Waals surface area contributed by atoms with Gasteiger partial charge in [-0.25, -0.2) is 0 Å². The number of hydrogen-bond donors (Lipinski definition) is 2. The predicted molar refractivity (Wildman–Crippen MR) is 75.3 cm³/mol. The number of carbonyl (C=O) groups is 1. The first-order valence-electron chi connectivity index (χ1n) is 6.80. The summed E-state index contributed by atoms with van der Waals surface area (Å²) in [6, 6.07) is 0. The molecule has 0 aromatic rings. The second kappa shape index (κ2) is 8.48. The van der Waals surface area contributed by atoms with Crippen LogP contribution in [0.1, 0.15) is 47.0 Å². The molecule has 0 aliphatic carbocycles. The number of nitrogens with one attached hydrogen (secondary N) is 1. The van der Waals surface area contributed by atoms with Crippen LogP contribution in [-0.4, -0.2) is 32.2 Å². The van der Waals surface area contributed by atoms with E-state index in [9.17, 15) is 4.79 Å². The second-order valence-corrected chi connectivity index (χ2v) is 6.03. The molecule has 4 nitrogen and oxygen atoms in total. The van der Waals surface area contributed by atoms with Crippen molar-refractivity contribution in [2.45, 2.75) is 53.1 Å². The van der Waals surface area contributed by atoms with Gasteiger partial charge >= 0.3 is 0 Å². The van der Waals surface area contributed by atoms with Crippen LogP contribution in [0.15, 0.2) is 0 Å². The Balaban J connectivity index is 4.00. The molecule has 0 rings (SSSR count). The zero-order valence-corrected chi connectivity index (χ0v) is 12.6. The van der Waals surface area contributed by atoms with Crippen molar-refractivity contribution >= 4 is 5.91 Å². The summed E-state index contributed by atoms with van der Waals surface area (Å²) < 4.78 is 5.09. The summed E-state index contributed by atoms with van der Waals surface area (Å²) in [6.07, 6.45) is 2.51. The Morgan fingerprint density at radius 3 is 2.39 bits per heavy atom. The molecule has 0 saturated heterocycles. The minimum absolute atomic E-state index is 0.0661. The average molecular weight is 258 g/mol. The number of carbonyl (C=O) groups excluding carboxylic acids is 1. The highest BCUT2D eigenvalue weighted by atomic mass is 16.5. The molecule has 0 bridgehead atoms. The van der Waals surface area contributed by atoms with Crippen LogP contribution in [0.2, 0.25) is 0 Å². The van der Waals surface area contributed by atoms with E-state index in [1.54, 1.807) is 7.11 Å². The summed E-state index contributed by atoms with van der Waals surface area (Å²) in [7, 11) is 1.65. The van der Waals surface area contributed by atoms with Gasteiger partial charge in [0, 0.05) is 20.1 Å². The Bertz CT molecular complexity index is 236. The molecule has 0 aromatic carbocycles. The Hall–Kier alpha value is -0.610. The zero-order valence-electron chi connectivity index (χ0n) is 12.6. The number of nitrogens with two attached hydrogens (primary N) is 1. The van der Waals surface area contributed by atoms with Crippen LogP contribution < -0.4 is 11.1 Å². The lowest BCUT2D eigenvalue weighted by molar-refractivity contribution is -0.122. The largest absolute Gasteiger partial charge is 0.380 e. The minimum Gasteiger partial charge on any atom is -0.380 e. The predicted octanol–water partition coefficient (Wildman–Crippen LogP) is 1.93. The van der Waals surface area contributed by atoms with Gasteiger partial charge in [0.2, 0.25) is 5.91 Å². The van der Waals surface area contributed by atoms with Gasteiger partial charge in [-0.2, -0.15) is 0 Å². The number of amides is 1. The van der Waals surface area contributed by atoms with Crippen molar-refractivity contribution in [1.29, 1.82) is 0 Å². The van der Waals surface area contributed by atoms with E-state index in [-0.39, 0.29) is 17.4 Å². The van der Waals surface area contributed by atoms with Crippen LogP contribution in [0.4, 0.5) is 0 Å². The molecule has 0 radical (unpaired) electrons. The van der Waals surface area contributed by atoms with Crippen LogP contribution in [-0.2, 0) is 9.53 Å². The van der Waals surface area contributed by atoms with Gasteiger partial charge in [-0.05, 0) is 37.6 Å². The molecule has 0 aromatic heterocycles. The fourth-order valence-corrected chi connectivity index (χ4v) is 1.95. The first-order valence-corrected chi connectivity index (χ1v) is 6.80. The summed E-state index contributed by atoms with van der Waals surface area (Å²) >= 11 is 0. The van der Waals surface area contributed by atoms with Crippen molar-refractivity contribution in [2.75, 3.05) is 20.2 Å². The highest BCUT2D eigenvalue weighted by Crippen LogP contribution is 2.31. The standard InChI is InChI=1S/C14H30N2O2/c1-11(18-5)10-16-13(17)7-6-12(8-9-15)14(2,3)4/h11-12H,6-10,15H2,1-5H3,(H,16,17). The summed E-state index contributed by atoms with van der Waals surface area (Å²) in [6.45, 7) is 9.82. The molecule has 0 aliphatic rings. The van der Waals surface area contributed by atoms with E-state index in [1.165, 1.54) is 0 Å². The Morgan fingerprint density at radius 2 is 1.94 bits per heavy atom. The lowest BCUT2D eigenvalue weighted by Gasteiger charge is -2.30. The molecule has 3 N–H and O–H groups in total. The van der Waals surface area contributed by atoms with E-state index in [0.29, 0.717) is 25.4 Å². The molecular weight excluding hydrogens is 228 g/mol. The molecule has 0 spiro atoms. The van der Waals surface area contributed by atoms with Crippen LogP contribution in [0.3, 0.4) is 0 Å². The third-order valence-electron chi connectivity index (χ3n) is 3.45. The molecule has 2 atom stereocenters. The van der Waals surface area contributed by atoms with E-state index in [1.807, 2.05) is 6.92 Å². The van der Waals surface area contributed by atoms with Crippen molar-refractivity contribution < 1.29 is 9.53 Å². The molecular formula is C14H30N2O2. The summed E-state index contributed by atoms with van der Waals surface area (Å²) in [5.74, 6) is 0.596. The molecule has 0 fully saturated rings. The van der Waals surface area contributed by atoms with Crippen LogP contribution in [0.5, 0.6) is 0 Å². The van der Waals surface area contributed by atoms with E-state index >= 15 is 0 Å². The quantitative estimate of drug-likeness (QED) is 0.699. The third kappa shape index (κ3) is 7.67. The molecule has 18 heavy (non-hydrogen) atoms. The van der Waals surface area contributed by atoms with E-state index in [0.717, 1.165) is 12.8 Å². The zero-order chi connectivity index (χ0) is 14.2. The molecule has 2 unspecified atom stereocenters. The molecule has 0 aliphatic heterocycles. The molecule has 108 valence electrons. The Labute approximate surface area is 112 Å². The van der Waals surface area contributed by atoms with Crippen LogP contribution >= 0.6 is 0 Å². The maximum absolute atomic E-state index is 11.7. The number of rotatable bonds is 8. The number of ether oxygens (including phenoxy) is 1. The van der Waals surface area contributed by atoms with E-state index in [2.05, 4.69) is 26.1 Å². The maximum atomic E-state index is 11.7. The number of hydrogen-bond acceptors (Lipinski definition) is 3. The van der Waals surface area contributed by atoms with Crippen molar-refractivity contribution in [1.82, 2.24) is 5.32 Å². The van der Waals surface area contributed by atoms with Gasteiger partial charge in [-0.15, -0.1) is 0 Å². The highest BCUT2D eigenvalue weighted by molar-refractivity contribution is 5.75. The SMILES string of the molecule is COC(C)CNC(=O)CCC(CCN)C(C)(C)C. The fraction of sp³-hybridized carbons (Fsp3) is 0.929. The molecule has 0 saturated carbocycles. The van der Waals surface area contributed by atoms with Gasteiger partial charge in [0.1, 0.15) is 0 Å². The van der Waals surface area contributed by atoms with Crippen molar-refractivity contribution in [3.63, 3.8) is 0 Å². The van der Waals surface area contributed by atoms with Gasteiger partial charge in [0.15, 0.2) is 0 Å². The maximum Gasteiger partial charge on any atom is 0.220 e. The monoisotopic (exact) mass is 258 g/mol. The Morgan fingerprint density at radius 1 is 1.33 bits per heavy atom. The average Bonchev–Trinajstić information content (AvgIpc) is 2.29. The smallest absolute Gasteiger partial charge is 0.220 e. The van der Waals surface area contributed by atoms with Crippen molar-refractivity contribution in [3.05, 3.63) is 0 Å². The number of methoxy groups -OCH3 is 1. The summed E-state index contributed by atoms with van der Waals surface area (Å²) in [5.41, 5.74) is 5.84. The first kappa shape index (κ1) is 17.4. The van der Waals surface area contributed by atoms with E-state index in [4.69, 9.17) is 10.5 Å². The molecule has 4 heteroatoms. The lowest BCUT2D eigenvalue weighted by Crippen LogP contribution is -2.32. The highest BCUT2D eigenvalue weighted by Gasteiger charge is 2.24. The normalized spacial score (nSPS) is 15.2. The molecule has 0 heterocycles. The summed E-state index contributed by atoms with van der Waals surface area (Å²) in [5, 5.41) is 2.89. The van der Waals surface area contributed by atoms with Crippen LogP contribution in [0.25, 0.3) is 0 Å². The minimum atomic E-state index is 0.0661. The third-order valence-corrected chi connectivity index (χ3v) is 3.45. The summed E-state index contributed by atoms with van der Waals surface area (Å²) in [4.78, 5) is 11.7. The van der Waals surface area contributed by atoms with E-state index < -0.39 is 0 Å². The van der Waals surface area contributed by atoms with Gasteiger partial charge in [-0.3, -0.25) is 4.79 Å². The first-order chi connectivity index (χ1) is 8.31. The van der Waals surface area contributed by atoms with Gasteiger partial charge in [-0.1, -0.05) is 20.8 Å². The van der Waals surface area contributed by atoms with Gasteiger partial charge in [0.05, 0.1) is 6.10 Å². The second-order valence-electron chi connectivity index (χ2n) is 6.03. The van der Waals surface area contributed by atoms with Crippen LogP contribution in [0, 0.1) is 11.3 Å². The topological polar surface area (TPSA) is 64.3 Å². The van der Waals surface area contributed by atoms with Gasteiger partial charge < -0.3 is 15.8 Å². The van der Waals surface area contributed by atoms with Crippen molar-refractivity contribution in [3.8, 4) is 0 Å². The fourth-order valence-electron chi connectivity index (χ4n) is 1.95. The van der Waals surface area contributed by atoms with Gasteiger partial charge in [0.25, 0.3) is 0 Å². The lowest BCUT2D eigenvalue weighted by atomic mass is 9.76. The Kier molecular flexibility index (Phi) is 8.20.